The van der Waals surface area contributed by atoms with Gasteiger partial charge in [-0.3, -0.25) is 9.89 Å². The Balaban J connectivity index is 0.00000400. The molecule has 0 aromatic heterocycles. The highest BCUT2D eigenvalue weighted by molar-refractivity contribution is 14.0. The highest BCUT2D eigenvalue weighted by Crippen LogP contribution is 2.16. The van der Waals surface area contributed by atoms with Gasteiger partial charge in [-0.1, -0.05) is 13.8 Å². The number of nitrogens with one attached hydrogen (secondary N) is 2. The molecule has 0 amide bonds. The largest absolute Gasteiger partial charge is 0.385 e. The normalized spacial score (nSPS) is 17.7. The molecular weight excluding hydrogens is 379 g/mol. The van der Waals surface area contributed by atoms with Gasteiger partial charge in [-0.2, -0.15) is 0 Å². The van der Waals surface area contributed by atoms with E-state index in [1.165, 1.54) is 25.9 Å². The lowest BCUT2D eigenvalue weighted by Crippen LogP contribution is -2.48. The molecule has 1 fully saturated rings. The van der Waals surface area contributed by atoms with Gasteiger partial charge in [0.1, 0.15) is 0 Å². The fourth-order valence-corrected chi connectivity index (χ4v) is 2.70. The summed E-state index contributed by atoms with van der Waals surface area (Å²) in [7, 11) is 3.56. The molecule has 1 saturated heterocycles. The van der Waals surface area contributed by atoms with Gasteiger partial charge in [-0.05, 0) is 38.3 Å². The standard InChI is InChI=1S/C15H32N4O.HI/c1-13(2)14(19-9-5-6-10-19)12-18-15(16-3)17-8-7-11-20-4;/h13-14H,5-12H2,1-4H3,(H2,16,17,18);1H. The summed E-state index contributed by atoms with van der Waals surface area (Å²) in [5.74, 6) is 1.55. The van der Waals surface area contributed by atoms with Crippen molar-refractivity contribution >= 4 is 29.9 Å². The second-order valence-electron chi connectivity index (χ2n) is 5.78. The second-order valence-corrected chi connectivity index (χ2v) is 5.78. The monoisotopic (exact) mass is 412 g/mol. The minimum atomic E-state index is 0. The molecule has 0 aromatic carbocycles. The van der Waals surface area contributed by atoms with Crippen LogP contribution in [0.3, 0.4) is 0 Å². The Labute approximate surface area is 147 Å². The number of ether oxygens (including phenoxy) is 1. The quantitative estimate of drug-likeness (QED) is 0.277. The molecule has 0 spiro atoms. The van der Waals surface area contributed by atoms with Gasteiger partial charge in [-0.15, -0.1) is 24.0 Å². The van der Waals surface area contributed by atoms with Crippen LogP contribution in [0.1, 0.15) is 33.1 Å². The zero-order valence-electron chi connectivity index (χ0n) is 14.0. The van der Waals surface area contributed by atoms with E-state index in [1.54, 1.807) is 7.11 Å². The van der Waals surface area contributed by atoms with E-state index in [1.807, 2.05) is 7.05 Å². The fraction of sp³-hybridized carbons (Fsp3) is 0.933. The van der Waals surface area contributed by atoms with Crippen molar-refractivity contribution in [2.45, 2.75) is 39.2 Å². The number of halogens is 1. The van der Waals surface area contributed by atoms with Crippen LogP contribution in [0.25, 0.3) is 0 Å². The zero-order chi connectivity index (χ0) is 14.8. The van der Waals surface area contributed by atoms with Crippen molar-refractivity contribution < 1.29 is 4.74 Å². The number of hydrogen-bond acceptors (Lipinski definition) is 3. The molecule has 1 atom stereocenters. The van der Waals surface area contributed by atoms with Gasteiger partial charge in [0.15, 0.2) is 5.96 Å². The van der Waals surface area contributed by atoms with Crippen LogP contribution in [0.4, 0.5) is 0 Å². The molecule has 1 unspecified atom stereocenters. The van der Waals surface area contributed by atoms with Crippen LogP contribution < -0.4 is 10.6 Å². The molecule has 0 bridgehead atoms. The molecule has 126 valence electrons. The second kappa shape index (κ2) is 12.5. The summed E-state index contributed by atoms with van der Waals surface area (Å²) >= 11 is 0. The number of nitrogens with zero attached hydrogens (tertiary/aromatic N) is 2. The fourth-order valence-electron chi connectivity index (χ4n) is 2.70. The van der Waals surface area contributed by atoms with Gasteiger partial charge in [0.2, 0.25) is 0 Å². The Hall–Kier alpha value is -0.0800. The van der Waals surface area contributed by atoms with Crippen LogP contribution in [-0.4, -0.2) is 63.8 Å². The van der Waals surface area contributed by atoms with E-state index < -0.39 is 0 Å². The van der Waals surface area contributed by atoms with Crippen molar-refractivity contribution in [3.8, 4) is 0 Å². The summed E-state index contributed by atoms with van der Waals surface area (Å²) in [4.78, 5) is 6.89. The third-order valence-corrected chi connectivity index (χ3v) is 3.90. The summed E-state index contributed by atoms with van der Waals surface area (Å²) in [6, 6.07) is 0.593. The van der Waals surface area contributed by atoms with Gasteiger partial charge < -0.3 is 15.4 Å². The van der Waals surface area contributed by atoms with Crippen LogP contribution in [0, 0.1) is 5.92 Å². The van der Waals surface area contributed by atoms with Crippen LogP contribution in [-0.2, 0) is 4.74 Å². The van der Waals surface area contributed by atoms with Crippen molar-refractivity contribution in [2.75, 3.05) is 46.9 Å². The topological polar surface area (TPSA) is 48.9 Å². The lowest BCUT2D eigenvalue weighted by Gasteiger charge is -2.31. The van der Waals surface area contributed by atoms with Crippen LogP contribution in [0.2, 0.25) is 0 Å². The van der Waals surface area contributed by atoms with Crippen molar-refractivity contribution in [3.63, 3.8) is 0 Å². The minimum Gasteiger partial charge on any atom is -0.385 e. The Kier molecular flexibility index (Phi) is 12.4. The summed E-state index contributed by atoms with van der Waals surface area (Å²) in [5.41, 5.74) is 0. The lowest BCUT2D eigenvalue weighted by molar-refractivity contribution is 0.191. The highest BCUT2D eigenvalue weighted by atomic mass is 127. The number of rotatable bonds is 8. The first-order chi connectivity index (χ1) is 9.69. The third kappa shape index (κ3) is 8.21. The molecule has 1 aliphatic heterocycles. The summed E-state index contributed by atoms with van der Waals surface area (Å²) in [6.45, 7) is 9.73. The molecule has 2 N–H and O–H groups in total. The minimum absolute atomic E-state index is 0. The van der Waals surface area contributed by atoms with Crippen molar-refractivity contribution in [1.82, 2.24) is 15.5 Å². The molecule has 5 nitrogen and oxygen atoms in total. The Morgan fingerprint density at radius 3 is 2.43 bits per heavy atom. The summed E-state index contributed by atoms with van der Waals surface area (Å²) < 4.78 is 5.05. The van der Waals surface area contributed by atoms with Crippen LogP contribution in [0.5, 0.6) is 0 Å². The molecule has 0 saturated carbocycles. The van der Waals surface area contributed by atoms with E-state index in [0.717, 1.165) is 32.1 Å². The summed E-state index contributed by atoms with van der Waals surface area (Å²) in [5, 5.41) is 6.79. The Morgan fingerprint density at radius 2 is 1.90 bits per heavy atom. The highest BCUT2D eigenvalue weighted by Gasteiger charge is 2.24. The SMILES string of the molecule is CN=C(NCCCOC)NCC(C(C)C)N1CCCC1.I. The first-order valence-corrected chi connectivity index (χ1v) is 7.86. The number of likely N-dealkylation sites (tertiary alicyclic amines) is 1. The molecular formula is C15H33IN4O. The maximum atomic E-state index is 5.05. The van der Waals surface area contributed by atoms with E-state index in [9.17, 15) is 0 Å². The van der Waals surface area contributed by atoms with Gasteiger partial charge in [0.05, 0.1) is 0 Å². The Bertz CT molecular complexity index is 281. The number of hydrogen-bond donors (Lipinski definition) is 2. The van der Waals surface area contributed by atoms with E-state index in [4.69, 9.17) is 4.74 Å². The van der Waals surface area contributed by atoms with E-state index in [0.29, 0.717) is 12.0 Å². The zero-order valence-corrected chi connectivity index (χ0v) is 16.4. The van der Waals surface area contributed by atoms with Crippen LogP contribution in [0.15, 0.2) is 4.99 Å². The van der Waals surface area contributed by atoms with E-state index in [2.05, 4.69) is 34.4 Å². The van der Waals surface area contributed by atoms with E-state index in [-0.39, 0.29) is 24.0 Å². The Morgan fingerprint density at radius 1 is 1.24 bits per heavy atom. The smallest absolute Gasteiger partial charge is 0.191 e. The third-order valence-electron chi connectivity index (χ3n) is 3.90. The lowest BCUT2D eigenvalue weighted by atomic mass is 10.0. The molecule has 6 heteroatoms. The number of methoxy groups -OCH3 is 1. The first kappa shape index (κ1) is 20.9. The van der Waals surface area contributed by atoms with Crippen molar-refractivity contribution in [3.05, 3.63) is 0 Å². The summed E-state index contributed by atoms with van der Waals surface area (Å²) in [6.07, 6.45) is 3.68. The molecule has 0 radical (unpaired) electrons. The maximum Gasteiger partial charge on any atom is 0.191 e. The first-order valence-electron chi connectivity index (χ1n) is 7.86. The molecule has 1 rings (SSSR count). The van der Waals surface area contributed by atoms with Crippen molar-refractivity contribution in [2.24, 2.45) is 10.9 Å². The van der Waals surface area contributed by atoms with Crippen molar-refractivity contribution in [1.29, 1.82) is 0 Å². The van der Waals surface area contributed by atoms with Gasteiger partial charge in [0.25, 0.3) is 0 Å². The molecule has 1 heterocycles. The average Bonchev–Trinajstić information content (AvgIpc) is 2.95. The van der Waals surface area contributed by atoms with Gasteiger partial charge in [0, 0.05) is 39.9 Å². The van der Waals surface area contributed by atoms with Gasteiger partial charge >= 0.3 is 0 Å². The molecule has 0 aliphatic carbocycles. The molecule has 1 aliphatic rings. The maximum absolute atomic E-state index is 5.05. The number of aliphatic imine (C=N–C) groups is 1. The predicted molar refractivity (Wildman–Crippen MR) is 101 cm³/mol. The molecule has 0 aromatic rings. The molecule has 21 heavy (non-hydrogen) atoms. The van der Waals surface area contributed by atoms with E-state index >= 15 is 0 Å². The van der Waals surface area contributed by atoms with Crippen LogP contribution >= 0.6 is 24.0 Å². The predicted octanol–water partition coefficient (Wildman–Crippen LogP) is 1.93. The number of guanidine groups is 1. The van der Waals surface area contributed by atoms with Gasteiger partial charge in [-0.25, -0.2) is 0 Å². The average molecular weight is 412 g/mol.